The van der Waals surface area contributed by atoms with E-state index >= 15 is 0 Å². The third kappa shape index (κ3) is 5.01. The van der Waals surface area contributed by atoms with Crippen molar-refractivity contribution in [2.75, 3.05) is 7.11 Å². The number of methoxy groups -OCH3 is 1. The highest BCUT2D eigenvalue weighted by atomic mass is 16.6. The SMILES string of the molecule is COc1ccc(-c2ccc(C(C)NC(=O)OC(C)(C)C)cc2)cc1. The lowest BCUT2D eigenvalue weighted by Gasteiger charge is -2.22. The maximum Gasteiger partial charge on any atom is 0.408 e. The van der Waals surface area contributed by atoms with E-state index in [0.29, 0.717) is 0 Å². The first-order chi connectivity index (χ1) is 11.3. The van der Waals surface area contributed by atoms with Crippen LogP contribution >= 0.6 is 0 Å². The number of amides is 1. The average Bonchev–Trinajstić information content (AvgIpc) is 2.53. The number of alkyl carbamates (subject to hydrolysis) is 1. The number of rotatable bonds is 4. The van der Waals surface area contributed by atoms with Crippen molar-refractivity contribution in [2.24, 2.45) is 0 Å². The van der Waals surface area contributed by atoms with Crippen molar-refractivity contribution in [3.63, 3.8) is 0 Å². The number of hydrogen-bond acceptors (Lipinski definition) is 3. The molecule has 1 N–H and O–H groups in total. The Balaban J connectivity index is 2.04. The summed E-state index contributed by atoms with van der Waals surface area (Å²) < 4.78 is 10.5. The molecule has 0 aliphatic carbocycles. The fourth-order valence-electron chi connectivity index (χ4n) is 2.32. The Labute approximate surface area is 143 Å². The van der Waals surface area contributed by atoms with Gasteiger partial charge in [0.25, 0.3) is 0 Å². The standard InChI is InChI=1S/C20H25NO3/c1-14(21-19(22)24-20(2,3)4)15-6-8-16(9-7-15)17-10-12-18(23-5)13-11-17/h6-14H,1-5H3,(H,21,22). The smallest absolute Gasteiger partial charge is 0.408 e. The van der Waals surface area contributed by atoms with Crippen molar-refractivity contribution in [3.8, 4) is 16.9 Å². The fraction of sp³-hybridized carbons (Fsp3) is 0.350. The third-order valence-corrected chi connectivity index (χ3v) is 3.57. The summed E-state index contributed by atoms with van der Waals surface area (Å²) in [4.78, 5) is 11.8. The second-order valence-electron chi connectivity index (χ2n) is 6.72. The minimum Gasteiger partial charge on any atom is -0.497 e. The molecular formula is C20H25NO3. The molecule has 128 valence electrons. The largest absolute Gasteiger partial charge is 0.497 e. The Morgan fingerprint density at radius 2 is 1.46 bits per heavy atom. The summed E-state index contributed by atoms with van der Waals surface area (Å²) in [6.45, 7) is 7.48. The number of carbonyl (C=O) groups is 1. The normalized spacial score (nSPS) is 12.4. The molecule has 0 aromatic heterocycles. The molecule has 4 heteroatoms. The molecule has 0 aliphatic heterocycles. The maximum atomic E-state index is 11.8. The van der Waals surface area contributed by atoms with E-state index in [0.717, 1.165) is 22.4 Å². The lowest BCUT2D eigenvalue weighted by Crippen LogP contribution is -2.34. The molecule has 24 heavy (non-hydrogen) atoms. The van der Waals surface area contributed by atoms with E-state index in [1.165, 1.54) is 0 Å². The van der Waals surface area contributed by atoms with Crippen molar-refractivity contribution in [1.82, 2.24) is 5.32 Å². The molecule has 0 aliphatic rings. The van der Waals surface area contributed by atoms with Gasteiger partial charge in [0.1, 0.15) is 11.4 Å². The van der Waals surface area contributed by atoms with Gasteiger partial charge in [0, 0.05) is 0 Å². The molecule has 0 bridgehead atoms. The van der Waals surface area contributed by atoms with Crippen molar-refractivity contribution in [2.45, 2.75) is 39.3 Å². The molecule has 1 unspecified atom stereocenters. The lowest BCUT2D eigenvalue weighted by molar-refractivity contribution is 0.0508. The van der Waals surface area contributed by atoms with E-state index in [1.807, 2.05) is 76.2 Å². The van der Waals surface area contributed by atoms with Crippen LogP contribution in [0.3, 0.4) is 0 Å². The van der Waals surface area contributed by atoms with Gasteiger partial charge in [-0.05, 0) is 56.5 Å². The van der Waals surface area contributed by atoms with Crippen LogP contribution < -0.4 is 10.1 Å². The highest BCUT2D eigenvalue weighted by Crippen LogP contribution is 2.24. The van der Waals surface area contributed by atoms with Gasteiger partial charge in [-0.1, -0.05) is 36.4 Å². The third-order valence-electron chi connectivity index (χ3n) is 3.57. The highest BCUT2D eigenvalue weighted by Gasteiger charge is 2.18. The van der Waals surface area contributed by atoms with Crippen LogP contribution in [0.25, 0.3) is 11.1 Å². The zero-order valence-electron chi connectivity index (χ0n) is 14.9. The van der Waals surface area contributed by atoms with Gasteiger partial charge in [-0.3, -0.25) is 0 Å². The first-order valence-corrected chi connectivity index (χ1v) is 8.02. The first kappa shape index (κ1) is 17.9. The molecule has 0 radical (unpaired) electrons. The summed E-state index contributed by atoms with van der Waals surface area (Å²) in [5.41, 5.74) is 2.77. The predicted octanol–water partition coefficient (Wildman–Crippen LogP) is 4.95. The number of benzene rings is 2. The maximum absolute atomic E-state index is 11.8. The van der Waals surface area contributed by atoms with Gasteiger partial charge in [0.05, 0.1) is 13.2 Å². The Morgan fingerprint density at radius 3 is 1.92 bits per heavy atom. The quantitative estimate of drug-likeness (QED) is 0.864. The molecule has 4 nitrogen and oxygen atoms in total. The number of carbonyl (C=O) groups excluding carboxylic acids is 1. The van der Waals surface area contributed by atoms with Gasteiger partial charge >= 0.3 is 6.09 Å². The molecule has 0 saturated carbocycles. The Morgan fingerprint density at radius 1 is 0.958 bits per heavy atom. The van der Waals surface area contributed by atoms with Crippen LogP contribution in [-0.4, -0.2) is 18.8 Å². The average molecular weight is 327 g/mol. The van der Waals surface area contributed by atoms with E-state index in [-0.39, 0.29) is 6.04 Å². The second kappa shape index (κ2) is 7.39. The van der Waals surface area contributed by atoms with Crippen LogP contribution in [0.15, 0.2) is 48.5 Å². The summed E-state index contributed by atoms with van der Waals surface area (Å²) in [6, 6.07) is 15.9. The highest BCUT2D eigenvalue weighted by molar-refractivity contribution is 5.69. The Hall–Kier alpha value is -2.49. The van der Waals surface area contributed by atoms with Gasteiger partial charge in [-0.25, -0.2) is 4.79 Å². The molecule has 2 aromatic rings. The lowest BCUT2D eigenvalue weighted by atomic mass is 10.0. The monoisotopic (exact) mass is 327 g/mol. The van der Waals surface area contributed by atoms with Crippen LogP contribution in [0.1, 0.15) is 39.3 Å². The number of ether oxygens (including phenoxy) is 2. The van der Waals surface area contributed by atoms with Crippen molar-refractivity contribution >= 4 is 6.09 Å². The zero-order valence-corrected chi connectivity index (χ0v) is 14.9. The molecule has 1 atom stereocenters. The zero-order chi connectivity index (χ0) is 17.7. The summed E-state index contributed by atoms with van der Waals surface area (Å²) in [5, 5.41) is 2.85. The summed E-state index contributed by atoms with van der Waals surface area (Å²) >= 11 is 0. The van der Waals surface area contributed by atoms with E-state index in [1.54, 1.807) is 7.11 Å². The fourth-order valence-corrected chi connectivity index (χ4v) is 2.32. The molecule has 0 saturated heterocycles. The van der Waals surface area contributed by atoms with Gasteiger partial charge in [0.15, 0.2) is 0 Å². The van der Waals surface area contributed by atoms with E-state index in [2.05, 4.69) is 5.32 Å². The minimum absolute atomic E-state index is 0.121. The van der Waals surface area contributed by atoms with Crippen LogP contribution in [0.5, 0.6) is 5.75 Å². The van der Waals surface area contributed by atoms with Crippen LogP contribution in [0.4, 0.5) is 4.79 Å². The summed E-state index contributed by atoms with van der Waals surface area (Å²) in [5.74, 6) is 0.838. The van der Waals surface area contributed by atoms with Gasteiger partial charge in [-0.2, -0.15) is 0 Å². The van der Waals surface area contributed by atoms with Crippen molar-refractivity contribution in [3.05, 3.63) is 54.1 Å². The molecule has 2 aromatic carbocycles. The minimum atomic E-state index is -0.498. The van der Waals surface area contributed by atoms with Gasteiger partial charge < -0.3 is 14.8 Å². The molecular weight excluding hydrogens is 302 g/mol. The first-order valence-electron chi connectivity index (χ1n) is 8.02. The topological polar surface area (TPSA) is 47.6 Å². The number of nitrogens with one attached hydrogen (secondary N) is 1. The molecule has 0 heterocycles. The molecule has 2 rings (SSSR count). The summed E-state index contributed by atoms with van der Waals surface area (Å²) in [6.07, 6.45) is -0.408. The van der Waals surface area contributed by atoms with Crippen LogP contribution in [-0.2, 0) is 4.74 Å². The van der Waals surface area contributed by atoms with Gasteiger partial charge in [-0.15, -0.1) is 0 Å². The van der Waals surface area contributed by atoms with Gasteiger partial charge in [0.2, 0.25) is 0 Å². The predicted molar refractivity (Wildman–Crippen MR) is 96.2 cm³/mol. The van der Waals surface area contributed by atoms with Crippen molar-refractivity contribution < 1.29 is 14.3 Å². The second-order valence-corrected chi connectivity index (χ2v) is 6.72. The van der Waals surface area contributed by atoms with Crippen LogP contribution in [0, 0.1) is 0 Å². The molecule has 0 fully saturated rings. The van der Waals surface area contributed by atoms with E-state index in [4.69, 9.17) is 9.47 Å². The molecule has 1 amide bonds. The molecule has 0 spiro atoms. The van der Waals surface area contributed by atoms with E-state index in [9.17, 15) is 4.79 Å². The van der Waals surface area contributed by atoms with Crippen LogP contribution in [0.2, 0.25) is 0 Å². The van der Waals surface area contributed by atoms with Crippen molar-refractivity contribution in [1.29, 1.82) is 0 Å². The Kier molecular flexibility index (Phi) is 5.50. The summed E-state index contributed by atoms with van der Waals surface area (Å²) in [7, 11) is 1.66. The Bertz CT molecular complexity index is 670. The van der Waals surface area contributed by atoms with E-state index < -0.39 is 11.7 Å². The number of hydrogen-bond donors (Lipinski definition) is 1.